The quantitative estimate of drug-likeness (QED) is 0.809. The highest BCUT2D eigenvalue weighted by molar-refractivity contribution is 5.77. The molecule has 3 nitrogen and oxygen atoms in total. The second-order valence-electron chi connectivity index (χ2n) is 6.53. The second kappa shape index (κ2) is 7.48. The van der Waals surface area contributed by atoms with E-state index < -0.39 is 0 Å². The number of anilines is 1. The highest BCUT2D eigenvalue weighted by Gasteiger charge is 2.22. The number of carbonyl (C=O) groups excluding carboxylic acids is 1. The summed E-state index contributed by atoms with van der Waals surface area (Å²) in [4.78, 5) is 12.2. The van der Waals surface area contributed by atoms with Gasteiger partial charge in [0.1, 0.15) is 0 Å². The first-order chi connectivity index (χ1) is 10.1. The van der Waals surface area contributed by atoms with Gasteiger partial charge in [0.25, 0.3) is 0 Å². The fraction of sp³-hybridized carbons (Fsp3) is 0.611. The molecule has 1 amide bonds. The van der Waals surface area contributed by atoms with E-state index in [0.29, 0.717) is 18.4 Å². The molecule has 2 rings (SSSR count). The number of nitrogens with two attached hydrogens (primary N) is 1. The SMILES string of the molecule is CC(CC(=O)N[C@H](C)C1CCCCC1)c1ccc(N)cc1. The molecule has 0 aromatic heterocycles. The number of hydrogen-bond acceptors (Lipinski definition) is 2. The zero-order valence-electron chi connectivity index (χ0n) is 13.3. The molecule has 0 heterocycles. The first kappa shape index (κ1) is 15.9. The molecule has 0 saturated heterocycles. The van der Waals surface area contributed by atoms with E-state index in [-0.39, 0.29) is 11.8 Å². The first-order valence-corrected chi connectivity index (χ1v) is 8.21. The largest absolute Gasteiger partial charge is 0.399 e. The molecule has 1 aliphatic carbocycles. The van der Waals surface area contributed by atoms with Gasteiger partial charge in [0, 0.05) is 18.2 Å². The van der Waals surface area contributed by atoms with E-state index >= 15 is 0 Å². The Morgan fingerprint density at radius 1 is 1.19 bits per heavy atom. The van der Waals surface area contributed by atoms with Crippen LogP contribution in [0.2, 0.25) is 0 Å². The van der Waals surface area contributed by atoms with Crippen LogP contribution in [-0.2, 0) is 4.79 Å². The molecular weight excluding hydrogens is 260 g/mol. The van der Waals surface area contributed by atoms with Crippen molar-refractivity contribution in [2.75, 3.05) is 5.73 Å². The van der Waals surface area contributed by atoms with Gasteiger partial charge in [0.15, 0.2) is 0 Å². The molecule has 21 heavy (non-hydrogen) atoms. The fourth-order valence-electron chi connectivity index (χ4n) is 3.29. The smallest absolute Gasteiger partial charge is 0.220 e. The summed E-state index contributed by atoms with van der Waals surface area (Å²) >= 11 is 0. The predicted molar refractivity (Wildman–Crippen MR) is 88.1 cm³/mol. The summed E-state index contributed by atoms with van der Waals surface area (Å²) in [5.74, 6) is 1.05. The molecule has 1 fully saturated rings. The van der Waals surface area contributed by atoms with Gasteiger partial charge in [-0.2, -0.15) is 0 Å². The number of hydrogen-bond donors (Lipinski definition) is 2. The van der Waals surface area contributed by atoms with Crippen LogP contribution in [0, 0.1) is 5.92 Å². The lowest BCUT2D eigenvalue weighted by molar-refractivity contribution is -0.122. The number of carbonyl (C=O) groups is 1. The molecular formula is C18H28N2O. The van der Waals surface area contributed by atoms with Gasteiger partial charge in [-0.1, -0.05) is 38.3 Å². The molecule has 0 bridgehead atoms. The van der Waals surface area contributed by atoms with Gasteiger partial charge >= 0.3 is 0 Å². The Morgan fingerprint density at radius 2 is 1.81 bits per heavy atom. The van der Waals surface area contributed by atoms with Crippen molar-refractivity contribution >= 4 is 11.6 Å². The van der Waals surface area contributed by atoms with Gasteiger partial charge in [-0.15, -0.1) is 0 Å². The Morgan fingerprint density at radius 3 is 2.43 bits per heavy atom. The summed E-state index contributed by atoms with van der Waals surface area (Å²) in [6.45, 7) is 4.25. The van der Waals surface area contributed by atoms with Crippen molar-refractivity contribution in [3.05, 3.63) is 29.8 Å². The Bertz CT molecular complexity index is 449. The van der Waals surface area contributed by atoms with E-state index in [1.807, 2.05) is 24.3 Å². The molecule has 1 saturated carbocycles. The molecule has 1 aromatic carbocycles. The highest BCUT2D eigenvalue weighted by atomic mass is 16.1. The molecule has 116 valence electrons. The van der Waals surface area contributed by atoms with Crippen LogP contribution >= 0.6 is 0 Å². The van der Waals surface area contributed by atoms with Crippen LogP contribution in [0.25, 0.3) is 0 Å². The number of nitrogen functional groups attached to an aromatic ring is 1. The minimum absolute atomic E-state index is 0.164. The van der Waals surface area contributed by atoms with Crippen LogP contribution < -0.4 is 11.1 Å². The van der Waals surface area contributed by atoms with E-state index in [2.05, 4.69) is 19.2 Å². The van der Waals surface area contributed by atoms with Gasteiger partial charge in [-0.25, -0.2) is 0 Å². The minimum Gasteiger partial charge on any atom is -0.399 e. The zero-order valence-corrected chi connectivity index (χ0v) is 13.3. The van der Waals surface area contributed by atoms with Crippen molar-refractivity contribution in [1.29, 1.82) is 0 Å². The van der Waals surface area contributed by atoms with Crippen LogP contribution in [-0.4, -0.2) is 11.9 Å². The maximum atomic E-state index is 12.2. The lowest BCUT2D eigenvalue weighted by Gasteiger charge is -2.28. The Balaban J connectivity index is 1.81. The second-order valence-corrected chi connectivity index (χ2v) is 6.53. The summed E-state index contributed by atoms with van der Waals surface area (Å²) in [7, 11) is 0. The standard InChI is InChI=1S/C18H28N2O/c1-13(15-8-10-17(19)11-9-15)12-18(21)20-14(2)16-6-4-3-5-7-16/h8-11,13-14,16H,3-7,12,19H2,1-2H3,(H,20,21)/t13?,14-/m1/s1. The molecule has 0 aliphatic heterocycles. The molecule has 3 heteroatoms. The van der Waals surface area contributed by atoms with E-state index in [0.717, 1.165) is 5.69 Å². The summed E-state index contributed by atoms with van der Waals surface area (Å²) in [6.07, 6.45) is 7.04. The fourth-order valence-corrected chi connectivity index (χ4v) is 3.29. The highest BCUT2D eigenvalue weighted by Crippen LogP contribution is 2.26. The summed E-state index contributed by atoms with van der Waals surface area (Å²) in [5, 5.41) is 3.20. The number of rotatable bonds is 5. The van der Waals surface area contributed by atoms with Crippen molar-refractivity contribution in [2.45, 2.75) is 64.3 Å². The van der Waals surface area contributed by atoms with E-state index in [4.69, 9.17) is 5.73 Å². The average molecular weight is 288 g/mol. The summed E-state index contributed by atoms with van der Waals surface area (Å²) in [5.41, 5.74) is 7.63. The molecule has 0 spiro atoms. The van der Waals surface area contributed by atoms with Crippen LogP contribution in [0.1, 0.15) is 63.9 Å². The van der Waals surface area contributed by atoms with Crippen molar-refractivity contribution in [3.8, 4) is 0 Å². The number of benzene rings is 1. The molecule has 1 unspecified atom stereocenters. The third-order valence-corrected chi connectivity index (χ3v) is 4.74. The molecule has 1 aromatic rings. The normalized spacial score (nSPS) is 19.0. The Labute approximate surface area is 128 Å². The van der Waals surface area contributed by atoms with Gasteiger partial charge in [-0.05, 0) is 49.3 Å². The van der Waals surface area contributed by atoms with Crippen molar-refractivity contribution in [3.63, 3.8) is 0 Å². The van der Waals surface area contributed by atoms with E-state index in [1.54, 1.807) is 0 Å². The number of amides is 1. The first-order valence-electron chi connectivity index (χ1n) is 8.21. The van der Waals surface area contributed by atoms with Crippen LogP contribution in [0.3, 0.4) is 0 Å². The van der Waals surface area contributed by atoms with Crippen molar-refractivity contribution in [1.82, 2.24) is 5.32 Å². The third-order valence-electron chi connectivity index (χ3n) is 4.74. The van der Waals surface area contributed by atoms with Gasteiger partial charge in [0.2, 0.25) is 5.91 Å². The van der Waals surface area contributed by atoms with E-state index in [1.165, 1.54) is 37.7 Å². The van der Waals surface area contributed by atoms with Crippen molar-refractivity contribution < 1.29 is 4.79 Å². The monoisotopic (exact) mass is 288 g/mol. The average Bonchev–Trinajstić information content (AvgIpc) is 2.48. The third kappa shape index (κ3) is 4.76. The molecule has 1 aliphatic rings. The van der Waals surface area contributed by atoms with Gasteiger partial charge < -0.3 is 11.1 Å². The molecule has 0 radical (unpaired) electrons. The van der Waals surface area contributed by atoms with Crippen LogP contribution in [0.5, 0.6) is 0 Å². The Kier molecular flexibility index (Phi) is 5.66. The van der Waals surface area contributed by atoms with Crippen LogP contribution in [0.15, 0.2) is 24.3 Å². The van der Waals surface area contributed by atoms with Gasteiger partial charge in [-0.3, -0.25) is 4.79 Å². The lowest BCUT2D eigenvalue weighted by atomic mass is 9.84. The zero-order chi connectivity index (χ0) is 15.2. The Hall–Kier alpha value is -1.51. The minimum atomic E-state index is 0.164. The van der Waals surface area contributed by atoms with E-state index in [9.17, 15) is 4.79 Å². The number of nitrogens with one attached hydrogen (secondary N) is 1. The summed E-state index contributed by atoms with van der Waals surface area (Å²) < 4.78 is 0. The maximum Gasteiger partial charge on any atom is 0.220 e. The molecule has 3 N–H and O–H groups in total. The maximum absolute atomic E-state index is 12.2. The van der Waals surface area contributed by atoms with Crippen molar-refractivity contribution in [2.24, 2.45) is 5.92 Å². The van der Waals surface area contributed by atoms with Crippen LogP contribution in [0.4, 0.5) is 5.69 Å². The predicted octanol–water partition coefficient (Wildman–Crippen LogP) is 3.85. The lowest BCUT2D eigenvalue weighted by Crippen LogP contribution is -2.39. The van der Waals surface area contributed by atoms with Gasteiger partial charge in [0.05, 0.1) is 0 Å². The summed E-state index contributed by atoms with van der Waals surface area (Å²) in [6, 6.07) is 8.12. The molecule has 2 atom stereocenters. The topological polar surface area (TPSA) is 55.1 Å².